The summed E-state index contributed by atoms with van der Waals surface area (Å²) in [5.74, 6) is -0.500. The average molecular weight is 299 g/mol. The Labute approximate surface area is 123 Å². The zero-order chi connectivity index (χ0) is 14.9. The second kappa shape index (κ2) is 5.18. The molecule has 106 valence electrons. The zero-order valence-electron chi connectivity index (χ0n) is 11.1. The SMILES string of the molecule is O=C1Nc2ccccc2C1=CS(=O)(=O)Cc1ccccc1. The quantitative estimate of drug-likeness (QED) is 0.886. The molecule has 2 aromatic carbocycles. The van der Waals surface area contributed by atoms with Crippen molar-refractivity contribution >= 4 is 27.0 Å². The Morgan fingerprint density at radius 3 is 2.38 bits per heavy atom. The van der Waals surface area contributed by atoms with Gasteiger partial charge in [-0.3, -0.25) is 4.79 Å². The first kappa shape index (κ1) is 13.6. The van der Waals surface area contributed by atoms with Gasteiger partial charge < -0.3 is 5.32 Å². The van der Waals surface area contributed by atoms with Gasteiger partial charge in [-0.1, -0.05) is 48.5 Å². The summed E-state index contributed by atoms with van der Waals surface area (Å²) in [6.45, 7) is 0. The van der Waals surface area contributed by atoms with Gasteiger partial charge in [0.25, 0.3) is 5.91 Å². The number of hydrogen-bond donors (Lipinski definition) is 1. The number of amides is 1. The van der Waals surface area contributed by atoms with Crippen LogP contribution in [0.3, 0.4) is 0 Å². The van der Waals surface area contributed by atoms with Crippen LogP contribution in [0.4, 0.5) is 5.69 Å². The van der Waals surface area contributed by atoms with E-state index in [4.69, 9.17) is 0 Å². The summed E-state index contributed by atoms with van der Waals surface area (Å²) < 4.78 is 24.5. The molecular formula is C16H13NO3S. The Morgan fingerprint density at radius 1 is 0.952 bits per heavy atom. The number of rotatable bonds is 3. The Balaban J connectivity index is 1.96. The molecule has 0 saturated heterocycles. The van der Waals surface area contributed by atoms with Crippen LogP contribution in [-0.4, -0.2) is 14.3 Å². The van der Waals surface area contributed by atoms with Crippen molar-refractivity contribution in [3.05, 3.63) is 71.1 Å². The van der Waals surface area contributed by atoms with Gasteiger partial charge in [-0.2, -0.15) is 0 Å². The van der Waals surface area contributed by atoms with Crippen LogP contribution in [-0.2, 0) is 20.4 Å². The van der Waals surface area contributed by atoms with E-state index in [9.17, 15) is 13.2 Å². The molecule has 0 fully saturated rings. The lowest BCUT2D eigenvalue weighted by Crippen LogP contribution is -2.07. The van der Waals surface area contributed by atoms with Gasteiger partial charge in [-0.15, -0.1) is 0 Å². The smallest absolute Gasteiger partial charge is 0.257 e. The third-order valence-corrected chi connectivity index (χ3v) is 4.55. The number of carbonyl (C=O) groups excluding carboxylic acids is 1. The van der Waals surface area contributed by atoms with Crippen molar-refractivity contribution in [2.75, 3.05) is 5.32 Å². The topological polar surface area (TPSA) is 63.2 Å². The summed E-state index contributed by atoms with van der Waals surface area (Å²) in [5.41, 5.74) is 2.16. The maximum Gasteiger partial charge on any atom is 0.257 e. The average Bonchev–Trinajstić information content (AvgIpc) is 2.75. The molecule has 1 N–H and O–H groups in total. The molecule has 0 spiro atoms. The van der Waals surface area contributed by atoms with Crippen molar-refractivity contribution in [1.82, 2.24) is 0 Å². The van der Waals surface area contributed by atoms with Gasteiger partial charge in [0.15, 0.2) is 9.84 Å². The summed E-state index contributed by atoms with van der Waals surface area (Å²) in [5, 5.41) is 3.73. The second-order valence-electron chi connectivity index (χ2n) is 4.82. The number of carbonyl (C=O) groups is 1. The highest BCUT2D eigenvalue weighted by atomic mass is 32.2. The molecule has 1 aliphatic rings. The molecule has 3 rings (SSSR count). The van der Waals surface area contributed by atoms with E-state index in [2.05, 4.69) is 5.32 Å². The standard InChI is InChI=1S/C16H13NO3S/c18-16-14(13-8-4-5-9-15(13)17-16)11-21(19,20)10-12-6-2-1-3-7-12/h1-9,11H,10H2,(H,17,18). The molecule has 0 atom stereocenters. The van der Waals surface area contributed by atoms with Crippen LogP contribution in [0.1, 0.15) is 11.1 Å². The molecule has 0 radical (unpaired) electrons. The normalized spacial score (nSPS) is 15.8. The minimum absolute atomic E-state index is 0.118. The third-order valence-electron chi connectivity index (χ3n) is 3.22. The third kappa shape index (κ3) is 2.87. The molecule has 0 aromatic heterocycles. The van der Waals surface area contributed by atoms with Crippen LogP contribution in [0.5, 0.6) is 0 Å². The lowest BCUT2D eigenvalue weighted by Gasteiger charge is -2.01. The lowest BCUT2D eigenvalue weighted by molar-refractivity contribution is -0.110. The van der Waals surface area contributed by atoms with Crippen LogP contribution in [0.15, 0.2) is 60.0 Å². The highest BCUT2D eigenvalue weighted by Gasteiger charge is 2.25. The molecule has 2 aromatic rings. The highest BCUT2D eigenvalue weighted by molar-refractivity contribution is 7.93. The fourth-order valence-electron chi connectivity index (χ4n) is 2.28. The largest absolute Gasteiger partial charge is 0.321 e. The van der Waals surface area contributed by atoms with Crippen molar-refractivity contribution in [3.63, 3.8) is 0 Å². The van der Waals surface area contributed by atoms with Gasteiger partial charge in [0, 0.05) is 16.7 Å². The number of anilines is 1. The number of para-hydroxylation sites is 1. The van der Waals surface area contributed by atoms with Crippen molar-refractivity contribution in [3.8, 4) is 0 Å². The van der Waals surface area contributed by atoms with Gasteiger partial charge >= 0.3 is 0 Å². The highest BCUT2D eigenvalue weighted by Crippen LogP contribution is 2.32. The number of benzene rings is 2. The van der Waals surface area contributed by atoms with Gasteiger partial charge in [0.05, 0.1) is 11.3 Å². The molecule has 0 saturated carbocycles. The molecular weight excluding hydrogens is 286 g/mol. The predicted octanol–water partition coefficient (Wildman–Crippen LogP) is 2.59. The predicted molar refractivity (Wildman–Crippen MR) is 82.1 cm³/mol. The van der Waals surface area contributed by atoms with Crippen molar-refractivity contribution in [2.45, 2.75) is 5.75 Å². The zero-order valence-corrected chi connectivity index (χ0v) is 11.9. The van der Waals surface area contributed by atoms with Crippen LogP contribution in [0.25, 0.3) is 5.57 Å². The van der Waals surface area contributed by atoms with Crippen LogP contribution in [0.2, 0.25) is 0 Å². The van der Waals surface area contributed by atoms with Gasteiger partial charge in [0.1, 0.15) is 0 Å². The van der Waals surface area contributed by atoms with E-state index in [-0.39, 0.29) is 17.2 Å². The molecule has 1 aliphatic heterocycles. The number of sulfone groups is 1. The van der Waals surface area contributed by atoms with E-state index < -0.39 is 9.84 Å². The summed E-state index contributed by atoms with van der Waals surface area (Å²) in [6.07, 6.45) is 0. The van der Waals surface area contributed by atoms with Crippen molar-refractivity contribution in [2.24, 2.45) is 0 Å². The second-order valence-corrected chi connectivity index (χ2v) is 6.67. The lowest BCUT2D eigenvalue weighted by atomic mass is 10.1. The summed E-state index contributed by atoms with van der Waals surface area (Å²) >= 11 is 0. The van der Waals surface area contributed by atoms with Crippen LogP contribution >= 0.6 is 0 Å². The maximum atomic E-state index is 12.3. The first-order valence-corrected chi connectivity index (χ1v) is 8.16. The number of nitrogens with one attached hydrogen (secondary N) is 1. The summed E-state index contributed by atoms with van der Waals surface area (Å²) in [6, 6.07) is 15.9. The molecule has 4 nitrogen and oxygen atoms in total. The molecule has 21 heavy (non-hydrogen) atoms. The molecule has 1 heterocycles. The Kier molecular flexibility index (Phi) is 3.35. The fraction of sp³-hybridized carbons (Fsp3) is 0.0625. The van der Waals surface area contributed by atoms with Gasteiger partial charge in [0.2, 0.25) is 0 Å². The number of fused-ring (bicyclic) bond motifs is 1. The van der Waals surface area contributed by atoms with Crippen LogP contribution in [0, 0.1) is 0 Å². The molecule has 5 heteroatoms. The molecule has 0 unspecified atom stereocenters. The van der Waals surface area contributed by atoms with Crippen LogP contribution < -0.4 is 5.32 Å². The minimum Gasteiger partial charge on any atom is -0.321 e. The Bertz CT molecular complexity index is 824. The Morgan fingerprint density at radius 2 is 1.62 bits per heavy atom. The monoisotopic (exact) mass is 299 g/mol. The summed E-state index contributed by atoms with van der Waals surface area (Å²) in [4.78, 5) is 11.9. The molecule has 0 aliphatic carbocycles. The first-order valence-electron chi connectivity index (χ1n) is 6.44. The van der Waals surface area contributed by atoms with E-state index in [1.54, 1.807) is 48.5 Å². The fourth-order valence-corrected chi connectivity index (χ4v) is 3.62. The molecule has 0 bridgehead atoms. The van der Waals surface area contributed by atoms with Gasteiger partial charge in [-0.05, 0) is 11.6 Å². The van der Waals surface area contributed by atoms with E-state index in [0.717, 1.165) is 5.41 Å². The van der Waals surface area contributed by atoms with E-state index in [0.29, 0.717) is 16.8 Å². The minimum atomic E-state index is -3.52. The van der Waals surface area contributed by atoms with E-state index >= 15 is 0 Å². The number of hydrogen-bond acceptors (Lipinski definition) is 3. The van der Waals surface area contributed by atoms with E-state index in [1.165, 1.54) is 0 Å². The van der Waals surface area contributed by atoms with E-state index in [1.807, 2.05) is 6.07 Å². The Hall–Kier alpha value is -2.40. The first-order chi connectivity index (χ1) is 10.1. The summed E-state index contributed by atoms with van der Waals surface area (Å²) in [7, 11) is -3.52. The molecule has 1 amide bonds. The maximum absolute atomic E-state index is 12.3. The van der Waals surface area contributed by atoms with Gasteiger partial charge in [-0.25, -0.2) is 8.42 Å². The van der Waals surface area contributed by atoms with Crippen molar-refractivity contribution < 1.29 is 13.2 Å². The van der Waals surface area contributed by atoms with Crippen molar-refractivity contribution in [1.29, 1.82) is 0 Å².